The molecular weight excluding hydrogens is 344 g/mol. The minimum atomic E-state index is -0.713. The van der Waals surface area contributed by atoms with E-state index in [9.17, 15) is 14.4 Å². The van der Waals surface area contributed by atoms with Gasteiger partial charge in [-0.05, 0) is 42.7 Å². The summed E-state index contributed by atoms with van der Waals surface area (Å²) in [6.45, 7) is 1.92. The number of hydrogen-bond acceptors (Lipinski definition) is 4. The number of fused-ring (bicyclic) bond motifs is 1. The molecule has 0 unspecified atom stereocenters. The highest BCUT2D eigenvalue weighted by atomic mass is 16.2. The number of carbonyl (C=O) groups excluding carboxylic acids is 3. The Morgan fingerprint density at radius 3 is 2.67 bits per heavy atom. The van der Waals surface area contributed by atoms with Crippen LogP contribution in [0.2, 0.25) is 0 Å². The molecule has 0 aromatic heterocycles. The molecule has 0 aliphatic carbocycles. The molecule has 1 aliphatic rings. The Bertz CT molecular complexity index is 867. The Labute approximate surface area is 157 Å². The SMILES string of the molecule is C[C@H](NC(=O)CN)C(=O)N1CCC[C@H]1C(=O)Nc1ccc2ccccc2c1. The van der Waals surface area contributed by atoms with Gasteiger partial charge in [0, 0.05) is 12.2 Å². The molecule has 1 heterocycles. The predicted molar refractivity (Wildman–Crippen MR) is 104 cm³/mol. The molecule has 0 radical (unpaired) electrons. The normalized spacial score (nSPS) is 17.6. The Morgan fingerprint density at radius 2 is 1.93 bits per heavy atom. The van der Waals surface area contributed by atoms with Gasteiger partial charge in [-0.15, -0.1) is 0 Å². The van der Waals surface area contributed by atoms with Crippen molar-refractivity contribution in [2.75, 3.05) is 18.4 Å². The minimum Gasteiger partial charge on any atom is -0.343 e. The quantitative estimate of drug-likeness (QED) is 0.738. The molecule has 142 valence electrons. The third-order valence-corrected chi connectivity index (χ3v) is 4.79. The molecule has 0 spiro atoms. The number of amides is 3. The van der Waals surface area contributed by atoms with E-state index in [-0.39, 0.29) is 18.4 Å². The molecule has 1 saturated heterocycles. The minimum absolute atomic E-state index is 0.177. The fourth-order valence-corrected chi connectivity index (χ4v) is 3.41. The zero-order valence-corrected chi connectivity index (χ0v) is 15.3. The van der Waals surface area contributed by atoms with Gasteiger partial charge in [0.25, 0.3) is 0 Å². The van der Waals surface area contributed by atoms with Crippen LogP contribution in [0.25, 0.3) is 10.8 Å². The van der Waals surface area contributed by atoms with Gasteiger partial charge >= 0.3 is 0 Å². The lowest BCUT2D eigenvalue weighted by Crippen LogP contribution is -2.52. The molecule has 1 fully saturated rings. The van der Waals surface area contributed by atoms with E-state index in [2.05, 4.69) is 10.6 Å². The predicted octanol–water partition coefficient (Wildman–Crippen LogP) is 1.23. The Hall–Kier alpha value is -2.93. The monoisotopic (exact) mass is 368 g/mol. The number of benzene rings is 2. The van der Waals surface area contributed by atoms with Gasteiger partial charge in [0.15, 0.2) is 0 Å². The average molecular weight is 368 g/mol. The molecule has 2 aromatic carbocycles. The van der Waals surface area contributed by atoms with Gasteiger partial charge in [0.2, 0.25) is 17.7 Å². The molecule has 7 nitrogen and oxygen atoms in total. The largest absolute Gasteiger partial charge is 0.343 e. The van der Waals surface area contributed by atoms with Crippen molar-refractivity contribution < 1.29 is 14.4 Å². The molecule has 7 heteroatoms. The van der Waals surface area contributed by atoms with Crippen molar-refractivity contribution in [3.63, 3.8) is 0 Å². The maximum absolute atomic E-state index is 12.8. The summed E-state index contributed by atoms with van der Waals surface area (Å²) in [4.78, 5) is 38.3. The van der Waals surface area contributed by atoms with Gasteiger partial charge in [-0.25, -0.2) is 0 Å². The lowest BCUT2D eigenvalue weighted by molar-refractivity contribution is -0.139. The third-order valence-electron chi connectivity index (χ3n) is 4.79. The summed E-state index contributed by atoms with van der Waals surface area (Å²) >= 11 is 0. The second-order valence-electron chi connectivity index (χ2n) is 6.73. The van der Waals surface area contributed by atoms with E-state index in [1.54, 1.807) is 6.92 Å². The van der Waals surface area contributed by atoms with Gasteiger partial charge in [0.1, 0.15) is 12.1 Å². The van der Waals surface area contributed by atoms with E-state index in [0.29, 0.717) is 18.7 Å². The molecule has 4 N–H and O–H groups in total. The lowest BCUT2D eigenvalue weighted by atomic mass is 10.1. The van der Waals surface area contributed by atoms with E-state index >= 15 is 0 Å². The summed E-state index contributed by atoms with van der Waals surface area (Å²) in [6.07, 6.45) is 1.35. The fourth-order valence-electron chi connectivity index (χ4n) is 3.41. The van der Waals surface area contributed by atoms with Crippen LogP contribution in [0.5, 0.6) is 0 Å². The lowest BCUT2D eigenvalue weighted by Gasteiger charge is -2.27. The second kappa shape index (κ2) is 8.18. The van der Waals surface area contributed by atoms with Crippen molar-refractivity contribution >= 4 is 34.2 Å². The molecule has 27 heavy (non-hydrogen) atoms. The summed E-state index contributed by atoms with van der Waals surface area (Å²) in [6, 6.07) is 12.4. The van der Waals surface area contributed by atoms with Crippen LogP contribution < -0.4 is 16.4 Å². The summed E-state index contributed by atoms with van der Waals surface area (Å²) in [5.74, 6) is -0.881. The first-order valence-electron chi connectivity index (χ1n) is 9.09. The topological polar surface area (TPSA) is 105 Å². The molecule has 1 aliphatic heterocycles. The van der Waals surface area contributed by atoms with E-state index in [1.165, 1.54) is 4.90 Å². The maximum atomic E-state index is 12.8. The van der Waals surface area contributed by atoms with E-state index in [1.807, 2.05) is 42.5 Å². The number of nitrogens with zero attached hydrogens (tertiary/aromatic N) is 1. The van der Waals surface area contributed by atoms with Crippen LogP contribution in [0.3, 0.4) is 0 Å². The molecule has 0 bridgehead atoms. The fraction of sp³-hybridized carbons (Fsp3) is 0.350. The second-order valence-corrected chi connectivity index (χ2v) is 6.73. The van der Waals surface area contributed by atoms with Crippen molar-refractivity contribution in [1.29, 1.82) is 0 Å². The van der Waals surface area contributed by atoms with Crippen LogP contribution >= 0.6 is 0 Å². The number of nitrogens with one attached hydrogen (secondary N) is 2. The first kappa shape index (κ1) is 18.8. The molecule has 3 rings (SSSR count). The number of anilines is 1. The van der Waals surface area contributed by atoms with E-state index in [0.717, 1.165) is 17.2 Å². The van der Waals surface area contributed by atoms with E-state index < -0.39 is 18.0 Å². The molecule has 3 amide bonds. The van der Waals surface area contributed by atoms with Gasteiger partial charge in [-0.3, -0.25) is 14.4 Å². The summed E-state index contributed by atoms with van der Waals surface area (Å²) < 4.78 is 0. The van der Waals surface area contributed by atoms with Gasteiger partial charge < -0.3 is 21.3 Å². The molecule has 0 saturated carbocycles. The van der Waals surface area contributed by atoms with Crippen molar-refractivity contribution in [3.05, 3.63) is 42.5 Å². The summed E-state index contributed by atoms with van der Waals surface area (Å²) in [5.41, 5.74) is 5.97. The number of likely N-dealkylation sites (tertiary alicyclic amines) is 1. The van der Waals surface area contributed by atoms with Gasteiger partial charge in [0.05, 0.1) is 6.54 Å². The molecule has 2 atom stereocenters. The van der Waals surface area contributed by atoms with Crippen LogP contribution in [-0.4, -0.2) is 47.8 Å². The smallest absolute Gasteiger partial charge is 0.247 e. The number of hydrogen-bond donors (Lipinski definition) is 3. The Morgan fingerprint density at radius 1 is 1.19 bits per heavy atom. The van der Waals surface area contributed by atoms with Crippen LogP contribution in [0.1, 0.15) is 19.8 Å². The van der Waals surface area contributed by atoms with Crippen molar-refractivity contribution in [3.8, 4) is 0 Å². The standard InChI is InChI=1S/C20H24N4O3/c1-13(22-18(25)12-21)20(27)24-10-4-7-17(24)19(26)23-16-9-8-14-5-2-3-6-15(14)11-16/h2-3,5-6,8-9,11,13,17H,4,7,10,12,21H2,1H3,(H,22,25)(H,23,26)/t13-,17-/m0/s1. The summed E-state index contributed by atoms with van der Waals surface area (Å²) in [5, 5.41) is 7.59. The Kier molecular flexibility index (Phi) is 5.71. The number of nitrogens with two attached hydrogens (primary N) is 1. The van der Waals surface area contributed by atoms with Crippen molar-refractivity contribution in [2.45, 2.75) is 31.8 Å². The number of rotatable bonds is 5. The highest BCUT2D eigenvalue weighted by Gasteiger charge is 2.36. The first-order chi connectivity index (χ1) is 13.0. The van der Waals surface area contributed by atoms with Crippen LogP contribution in [0.4, 0.5) is 5.69 Å². The van der Waals surface area contributed by atoms with Crippen LogP contribution in [0.15, 0.2) is 42.5 Å². The Balaban J connectivity index is 1.69. The van der Waals surface area contributed by atoms with Gasteiger partial charge in [-0.2, -0.15) is 0 Å². The van der Waals surface area contributed by atoms with Crippen molar-refractivity contribution in [2.24, 2.45) is 5.73 Å². The van der Waals surface area contributed by atoms with Crippen molar-refractivity contribution in [1.82, 2.24) is 10.2 Å². The average Bonchev–Trinajstić information content (AvgIpc) is 3.17. The highest BCUT2D eigenvalue weighted by Crippen LogP contribution is 2.22. The van der Waals surface area contributed by atoms with Crippen LogP contribution in [-0.2, 0) is 14.4 Å². The molecule has 2 aromatic rings. The summed E-state index contributed by atoms with van der Waals surface area (Å²) in [7, 11) is 0. The van der Waals surface area contributed by atoms with Crippen LogP contribution in [0, 0.1) is 0 Å². The van der Waals surface area contributed by atoms with E-state index in [4.69, 9.17) is 5.73 Å². The third kappa shape index (κ3) is 4.25. The van der Waals surface area contributed by atoms with Gasteiger partial charge in [-0.1, -0.05) is 30.3 Å². The zero-order chi connectivity index (χ0) is 19.4. The molecular formula is C20H24N4O3. The first-order valence-corrected chi connectivity index (χ1v) is 9.09. The zero-order valence-electron chi connectivity index (χ0n) is 15.3. The number of carbonyl (C=O) groups is 3. The maximum Gasteiger partial charge on any atom is 0.247 e. The highest BCUT2D eigenvalue weighted by molar-refractivity contribution is 6.00.